The molecule has 250 valence electrons. The zero-order chi connectivity index (χ0) is 33.5. The summed E-state index contributed by atoms with van der Waals surface area (Å²) in [6.07, 6.45) is 11.5. The van der Waals surface area contributed by atoms with E-state index in [1.807, 2.05) is 48.5 Å². The highest BCUT2D eigenvalue weighted by Crippen LogP contribution is 2.40. The first kappa shape index (κ1) is 32.7. The fraction of sp³-hybridized carbons (Fsp3) is 0.389. The van der Waals surface area contributed by atoms with Crippen LogP contribution in [0.3, 0.4) is 0 Å². The fourth-order valence-electron chi connectivity index (χ4n) is 5.20. The van der Waals surface area contributed by atoms with Gasteiger partial charge in [-0.2, -0.15) is 10.2 Å². The standard InChI is InChI=1S/C19H22FN5O2.C17H17FN2O/c1-24-17(26)19(23-18(24)21,15-10-22-25(11-15)8-7-20)14-3-2-4-16(9-14)27-12-13-5-6-13;18-8-9-20-12-16(11-19-20)7-4-14-2-1-3-17(10-14)21-13-15-5-6-15/h2-4,9-11,13H,5-8,12H2,1H3,(H2,21,23);1-3,10-12,15H,5-6,8-9,13H2. The number of guanidine groups is 1. The molecule has 4 aromatic rings. The van der Waals surface area contributed by atoms with Crippen LogP contribution in [0.5, 0.6) is 11.5 Å². The van der Waals surface area contributed by atoms with Crippen molar-refractivity contribution >= 4 is 11.9 Å². The molecule has 0 bridgehead atoms. The molecule has 1 amide bonds. The maximum absolute atomic E-state index is 13.2. The molecule has 1 unspecified atom stereocenters. The first-order chi connectivity index (χ1) is 23.4. The van der Waals surface area contributed by atoms with Crippen molar-refractivity contribution in [1.82, 2.24) is 24.5 Å². The monoisotopic (exact) mass is 655 g/mol. The largest absolute Gasteiger partial charge is 0.493 e. The number of benzene rings is 2. The molecule has 2 fully saturated rings. The Bertz CT molecular complexity index is 1820. The molecule has 12 heteroatoms. The zero-order valence-corrected chi connectivity index (χ0v) is 26.9. The van der Waals surface area contributed by atoms with Crippen molar-refractivity contribution in [1.29, 1.82) is 0 Å². The average Bonchev–Trinajstić information content (AvgIpc) is 4.01. The number of alkyl halides is 2. The third-order valence-corrected chi connectivity index (χ3v) is 8.35. The predicted molar refractivity (Wildman–Crippen MR) is 177 cm³/mol. The molecule has 0 radical (unpaired) electrons. The molecule has 1 aliphatic heterocycles. The highest BCUT2D eigenvalue weighted by Gasteiger charge is 2.50. The number of likely N-dealkylation sites (N-methyl/N-ethyl adjacent to an activating group) is 1. The van der Waals surface area contributed by atoms with Gasteiger partial charge in [-0.3, -0.25) is 19.1 Å². The van der Waals surface area contributed by atoms with Crippen LogP contribution in [0.2, 0.25) is 0 Å². The van der Waals surface area contributed by atoms with E-state index in [9.17, 15) is 13.6 Å². The summed E-state index contributed by atoms with van der Waals surface area (Å²) in [6, 6.07) is 15.1. The maximum Gasteiger partial charge on any atom is 0.266 e. The third-order valence-electron chi connectivity index (χ3n) is 8.35. The molecular formula is C36H39F2N7O3. The molecule has 7 rings (SSSR count). The number of nitrogens with two attached hydrogens (primary N) is 1. The van der Waals surface area contributed by atoms with Gasteiger partial charge in [0.2, 0.25) is 0 Å². The first-order valence-electron chi connectivity index (χ1n) is 16.2. The second-order valence-electron chi connectivity index (χ2n) is 12.2. The van der Waals surface area contributed by atoms with Gasteiger partial charge in [0.05, 0.1) is 44.3 Å². The van der Waals surface area contributed by atoms with Crippen molar-refractivity contribution in [2.24, 2.45) is 22.6 Å². The minimum Gasteiger partial charge on any atom is -0.493 e. The number of ether oxygens (including phenoxy) is 2. The molecule has 2 saturated carbocycles. The van der Waals surface area contributed by atoms with Crippen molar-refractivity contribution in [2.45, 2.75) is 44.3 Å². The number of aryl methyl sites for hydroxylation is 2. The molecule has 1 atom stereocenters. The summed E-state index contributed by atoms with van der Waals surface area (Å²) in [5, 5.41) is 8.20. The van der Waals surface area contributed by atoms with Crippen LogP contribution in [-0.2, 0) is 23.4 Å². The lowest BCUT2D eigenvalue weighted by Crippen LogP contribution is -2.41. The number of carbonyl (C=O) groups is 1. The minimum atomic E-state index is -1.34. The molecule has 48 heavy (non-hydrogen) atoms. The number of amides is 1. The van der Waals surface area contributed by atoms with Gasteiger partial charge in [-0.1, -0.05) is 30.0 Å². The summed E-state index contributed by atoms with van der Waals surface area (Å²) < 4.78 is 39.5. The molecule has 2 aromatic carbocycles. The lowest BCUT2D eigenvalue weighted by Gasteiger charge is -2.24. The van der Waals surface area contributed by atoms with Crippen LogP contribution in [0.25, 0.3) is 0 Å². The van der Waals surface area contributed by atoms with E-state index in [4.69, 9.17) is 15.2 Å². The number of aliphatic imine (C=N–C) groups is 1. The molecule has 2 aliphatic carbocycles. The van der Waals surface area contributed by atoms with Gasteiger partial charge in [-0.25, -0.2) is 13.8 Å². The lowest BCUT2D eigenvalue weighted by atomic mass is 9.84. The van der Waals surface area contributed by atoms with E-state index in [0.29, 0.717) is 29.4 Å². The van der Waals surface area contributed by atoms with E-state index < -0.39 is 18.9 Å². The molecule has 0 spiro atoms. The Morgan fingerprint density at radius 2 is 1.44 bits per heavy atom. The van der Waals surface area contributed by atoms with E-state index in [2.05, 4.69) is 27.0 Å². The Morgan fingerprint density at radius 3 is 2.06 bits per heavy atom. The van der Waals surface area contributed by atoms with Gasteiger partial charge < -0.3 is 15.2 Å². The summed E-state index contributed by atoms with van der Waals surface area (Å²) in [4.78, 5) is 19.0. The number of carbonyl (C=O) groups excluding carboxylic acids is 1. The quantitative estimate of drug-likeness (QED) is 0.221. The van der Waals surface area contributed by atoms with Crippen LogP contribution in [0.4, 0.5) is 8.78 Å². The number of hydrogen-bond donors (Lipinski definition) is 1. The van der Waals surface area contributed by atoms with Gasteiger partial charge >= 0.3 is 0 Å². The van der Waals surface area contributed by atoms with Crippen LogP contribution >= 0.6 is 0 Å². The van der Waals surface area contributed by atoms with Crippen molar-refractivity contribution in [2.75, 3.05) is 33.6 Å². The normalized spacial score (nSPS) is 18.4. The Kier molecular flexibility index (Phi) is 10.0. The topological polar surface area (TPSA) is 113 Å². The van der Waals surface area contributed by atoms with Crippen molar-refractivity contribution in [3.8, 4) is 23.3 Å². The summed E-state index contributed by atoms with van der Waals surface area (Å²) >= 11 is 0. The van der Waals surface area contributed by atoms with Gasteiger partial charge in [-0.15, -0.1) is 0 Å². The van der Waals surface area contributed by atoms with Crippen LogP contribution in [-0.4, -0.2) is 69.9 Å². The van der Waals surface area contributed by atoms with Crippen LogP contribution in [0.15, 0.2) is 78.3 Å². The number of aromatic nitrogens is 4. The molecule has 2 aromatic heterocycles. The molecule has 3 aliphatic rings. The SMILES string of the molecule is CN1C(=O)C(c2cccc(OCC3CC3)c2)(c2cnn(CCF)c2)N=C1N.FCCn1cc(C#Cc2cccc(OCC3CC3)c2)cn1. The van der Waals surface area contributed by atoms with E-state index >= 15 is 0 Å². The molecule has 0 saturated heterocycles. The lowest BCUT2D eigenvalue weighted by molar-refractivity contribution is -0.129. The first-order valence-corrected chi connectivity index (χ1v) is 16.2. The Labute approximate surface area is 278 Å². The fourth-order valence-corrected chi connectivity index (χ4v) is 5.20. The van der Waals surface area contributed by atoms with E-state index in [1.165, 1.54) is 35.3 Å². The Hall–Kier alpha value is -5.18. The average molecular weight is 656 g/mol. The zero-order valence-electron chi connectivity index (χ0n) is 26.9. The maximum atomic E-state index is 13.2. The van der Waals surface area contributed by atoms with E-state index in [0.717, 1.165) is 29.4 Å². The highest BCUT2D eigenvalue weighted by atomic mass is 19.1. The Morgan fingerprint density at radius 1 is 0.833 bits per heavy atom. The van der Waals surface area contributed by atoms with Gasteiger partial charge in [-0.05, 0) is 73.4 Å². The predicted octanol–water partition coefficient (Wildman–Crippen LogP) is 4.71. The third kappa shape index (κ3) is 7.85. The second-order valence-corrected chi connectivity index (χ2v) is 12.2. The second kappa shape index (κ2) is 14.7. The van der Waals surface area contributed by atoms with Crippen molar-refractivity contribution in [3.63, 3.8) is 0 Å². The summed E-state index contributed by atoms with van der Waals surface area (Å²) in [5.74, 6) is 8.87. The summed E-state index contributed by atoms with van der Waals surface area (Å²) in [5.41, 5.74) is 7.51. The van der Waals surface area contributed by atoms with Crippen molar-refractivity contribution in [3.05, 3.63) is 95.6 Å². The smallest absolute Gasteiger partial charge is 0.266 e. The highest BCUT2D eigenvalue weighted by molar-refractivity contribution is 6.08. The number of rotatable bonds is 12. The van der Waals surface area contributed by atoms with Gasteiger partial charge in [0.25, 0.3) is 5.91 Å². The molecular weight excluding hydrogens is 616 g/mol. The number of nitrogens with zero attached hydrogens (tertiary/aromatic N) is 6. The Balaban J connectivity index is 0.000000173. The van der Waals surface area contributed by atoms with Crippen LogP contribution in [0.1, 0.15) is 47.9 Å². The van der Waals surface area contributed by atoms with E-state index in [-0.39, 0.29) is 25.0 Å². The molecule has 2 N–H and O–H groups in total. The van der Waals surface area contributed by atoms with Crippen LogP contribution in [0, 0.1) is 23.7 Å². The molecule has 3 heterocycles. The number of hydrogen-bond acceptors (Lipinski definition) is 7. The van der Waals surface area contributed by atoms with Gasteiger partial charge in [0.15, 0.2) is 11.5 Å². The van der Waals surface area contributed by atoms with Crippen LogP contribution < -0.4 is 15.2 Å². The van der Waals surface area contributed by atoms with Gasteiger partial charge in [0, 0.05) is 30.6 Å². The summed E-state index contributed by atoms with van der Waals surface area (Å²) in [7, 11) is 1.59. The van der Waals surface area contributed by atoms with Gasteiger partial charge in [0.1, 0.15) is 24.8 Å². The molecule has 10 nitrogen and oxygen atoms in total. The van der Waals surface area contributed by atoms with Crippen molar-refractivity contribution < 1.29 is 23.0 Å². The summed E-state index contributed by atoms with van der Waals surface area (Å²) in [6.45, 7) is 0.889. The minimum absolute atomic E-state index is 0.115. The number of halogens is 2. The van der Waals surface area contributed by atoms with E-state index in [1.54, 1.807) is 36.5 Å².